The molecular weight excluding hydrogens is 536 g/mol. The molecule has 0 unspecified atom stereocenters. The molecular formula is C34H30O8. The number of phenolic OH excluding ortho intramolecular Hbond substituents is 2. The second-order valence-corrected chi connectivity index (χ2v) is 9.73. The molecule has 0 aliphatic carbocycles. The van der Waals surface area contributed by atoms with Crippen LogP contribution in [0.5, 0.6) is 23.0 Å². The third-order valence-corrected chi connectivity index (χ3v) is 7.16. The van der Waals surface area contributed by atoms with E-state index in [2.05, 4.69) is 0 Å². The first kappa shape index (κ1) is 28.3. The van der Waals surface area contributed by atoms with Gasteiger partial charge in [-0.25, -0.2) is 0 Å². The van der Waals surface area contributed by atoms with Gasteiger partial charge >= 0.3 is 5.97 Å². The Labute approximate surface area is 242 Å². The number of esters is 1. The first-order valence-corrected chi connectivity index (χ1v) is 13.4. The van der Waals surface area contributed by atoms with Crippen LogP contribution in [0.2, 0.25) is 0 Å². The fraction of sp³-hybridized carbons (Fsp3) is 0.176. The van der Waals surface area contributed by atoms with Gasteiger partial charge in [0.05, 0.1) is 38.2 Å². The summed E-state index contributed by atoms with van der Waals surface area (Å²) in [6.07, 6.45) is 1.90. The maximum absolute atomic E-state index is 13.5. The van der Waals surface area contributed by atoms with Crippen molar-refractivity contribution in [1.82, 2.24) is 0 Å². The predicted octanol–water partition coefficient (Wildman–Crippen LogP) is 6.20. The molecule has 0 bridgehead atoms. The molecule has 0 radical (unpaired) electrons. The standard InChI is InChI=1S/C34H30O8/c1-39-30-18-23(10-15-29(30)41-17-16-21-6-4-3-5-7-21)26(19-31(37)40-2)32-28(36)14-13-25-33(38)27(20-42-34(25)32)22-8-11-24(35)12-9-22/h3-15,18,20,26,35-36H,16-17,19H2,1-2H3/t26-/m1/s1. The summed E-state index contributed by atoms with van der Waals surface area (Å²) < 4.78 is 22.6. The molecule has 1 heterocycles. The fourth-order valence-corrected chi connectivity index (χ4v) is 4.97. The van der Waals surface area contributed by atoms with Gasteiger partial charge in [-0.3, -0.25) is 9.59 Å². The van der Waals surface area contributed by atoms with E-state index in [1.54, 1.807) is 30.3 Å². The van der Waals surface area contributed by atoms with E-state index in [1.165, 1.54) is 44.7 Å². The molecule has 1 aromatic heterocycles. The molecule has 5 aromatic rings. The van der Waals surface area contributed by atoms with Crippen molar-refractivity contribution in [2.45, 2.75) is 18.8 Å². The monoisotopic (exact) mass is 566 g/mol. The number of aromatic hydroxyl groups is 2. The fourth-order valence-electron chi connectivity index (χ4n) is 4.97. The van der Waals surface area contributed by atoms with Gasteiger partial charge in [0.25, 0.3) is 0 Å². The number of fused-ring (bicyclic) bond motifs is 1. The van der Waals surface area contributed by atoms with E-state index < -0.39 is 11.9 Å². The lowest BCUT2D eigenvalue weighted by atomic mass is 9.86. The van der Waals surface area contributed by atoms with Crippen molar-refractivity contribution in [3.05, 3.63) is 118 Å². The molecule has 42 heavy (non-hydrogen) atoms. The summed E-state index contributed by atoms with van der Waals surface area (Å²) in [5.41, 5.74) is 2.73. The van der Waals surface area contributed by atoms with Crippen molar-refractivity contribution in [1.29, 1.82) is 0 Å². The van der Waals surface area contributed by atoms with E-state index in [1.807, 2.05) is 30.3 Å². The lowest BCUT2D eigenvalue weighted by Crippen LogP contribution is -2.13. The van der Waals surface area contributed by atoms with Crippen LogP contribution in [-0.4, -0.2) is 37.0 Å². The third-order valence-electron chi connectivity index (χ3n) is 7.16. The second kappa shape index (κ2) is 12.5. The number of hydrogen-bond acceptors (Lipinski definition) is 8. The molecule has 2 N–H and O–H groups in total. The normalized spacial score (nSPS) is 11.7. The average molecular weight is 567 g/mol. The van der Waals surface area contributed by atoms with Crippen molar-refractivity contribution in [3.63, 3.8) is 0 Å². The van der Waals surface area contributed by atoms with Gasteiger partial charge in [0, 0.05) is 17.9 Å². The Morgan fingerprint density at radius 2 is 1.67 bits per heavy atom. The number of methoxy groups -OCH3 is 2. The molecule has 8 nitrogen and oxygen atoms in total. The molecule has 0 saturated carbocycles. The van der Waals surface area contributed by atoms with E-state index >= 15 is 0 Å². The Hall–Kier alpha value is -5.24. The molecule has 0 aliphatic heterocycles. The first-order valence-electron chi connectivity index (χ1n) is 13.4. The smallest absolute Gasteiger partial charge is 0.306 e. The number of ether oxygens (including phenoxy) is 3. The van der Waals surface area contributed by atoms with Gasteiger partial charge in [-0.05, 0) is 53.1 Å². The largest absolute Gasteiger partial charge is 0.508 e. The molecule has 4 aromatic carbocycles. The molecule has 8 heteroatoms. The van der Waals surface area contributed by atoms with Gasteiger partial charge in [0.2, 0.25) is 5.43 Å². The number of carbonyl (C=O) groups is 1. The van der Waals surface area contributed by atoms with Gasteiger partial charge in [0.1, 0.15) is 23.3 Å². The molecule has 1 atom stereocenters. The molecule has 214 valence electrons. The molecule has 0 spiro atoms. The highest BCUT2D eigenvalue weighted by Gasteiger charge is 2.27. The van der Waals surface area contributed by atoms with Gasteiger partial charge in [-0.2, -0.15) is 0 Å². The Morgan fingerprint density at radius 1 is 0.905 bits per heavy atom. The predicted molar refractivity (Wildman–Crippen MR) is 158 cm³/mol. The van der Waals surface area contributed by atoms with Crippen molar-refractivity contribution in [2.24, 2.45) is 0 Å². The van der Waals surface area contributed by atoms with Crippen LogP contribution in [0, 0.1) is 0 Å². The number of benzene rings is 4. The van der Waals surface area contributed by atoms with E-state index in [-0.39, 0.29) is 39.9 Å². The summed E-state index contributed by atoms with van der Waals surface area (Å²) in [5.74, 6) is -0.339. The number of hydrogen-bond donors (Lipinski definition) is 2. The second-order valence-electron chi connectivity index (χ2n) is 9.73. The average Bonchev–Trinajstić information content (AvgIpc) is 3.01. The van der Waals surface area contributed by atoms with Crippen LogP contribution in [0.4, 0.5) is 0 Å². The number of carbonyl (C=O) groups excluding carboxylic acids is 1. The number of phenols is 2. The first-order chi connectivity index (χ1) is 20.4. The van der Waals surface area contributed by atoms with Crippen molar-refractivity contribution in [3.8, 4) is 34.1 Å². The van der Waals surface area contributed by atoms with Gasteiger partial charge < -0.3 is 28.8 Å². The molecule has 0 fully saturated rings. The zero-order chi connectivity index (χ0) is 29.6. The zero-order valence-electron chi connectivity index (χ0n) is 23.2. The SMILES string of the molecule is COC(=O)C[C@H](c1ccc(OCCc2ccccc2)c(OC)c1)c1c(O)ccc2c(=O)c(-c3ccc(O)cc3)coc12. The van der Waals surface area contributed by atoms with E-state index in [0.29, 0.717) is 41.2 Å². The summed E-state index contributed by atoms with van der Waals surface area (Å²) in [5, 5.41) is 20.9. The highest BCUT2D eigenvalue weighted by atomic mass is 16.5. The molecule has 0 saturated heterocycles. The Balaban J connectivity index is 1.54. The topological polar surface area (TPSA) is 115 Å². The third kappa shape index (κ3) is 5.93. The number of rotatable bonds is 10. The molecule has 0 amide bonds. The van der Waals surface area contributed by atoms with Crippen molar-refractivity contribution >= 4 is 16.9 Å². The summed E-state index contributed by atoms with van der Waals surface area (Å²) in [7, 11) is 2.81. The van der Waals surface area contributed by atoms with Crippen molar-refractivity contribution in [2.75, 3.05) is 20.8 Å². The lowest BCUT2D eigenvalue weighted by molar-refractivity contribution is -0.140. The maximum atomic E-state index is 13.5. The van der Waals surface area contributed by atoms with E-state index in [0.717, 1.165) is 5.56 Å². The minimum atomic E-state index is -0.740. The van der Waals surface area contributed by atoms with Crippen LogP contribution in [-0.2, 0) is 16.0 Å². The summed E-state index contributed by atoms with van der Waals surface area (Å²) in [4.78, 5) is 26.1. The van der Waals surface area contributed by atoms with Crippen LogP contribution >= 0.6 is 0 Å². The zero-order valence-corrected chi connectivity index (χ0v) is 23.2. The van der Waals surface area contributed by atoms with Gasteiger partial charge in [-0.15, -0.1) is 0 Å². The maximum Gasteiger partial charge on any atom is 0.306 e. The Bertz CT molecular complexity index is 1760. The van der Waals surface area contributed by atoms with Crippen LogP contribution in [0.1, 0.15) is 29.0 Å². The lowest BCUT2D eigenvalue weighted by Gasteiger charge is -2.21. The summed E-state index contributed by atoms with van der Waals surface area (Å²) in [6, 6.07) is 24.4. The Kier molecular flexibility index (Phi) is 8.43. The van der Waals surface area contributed by atoms with Crippen LogP contribution in [0.3, 0.4) is 0 Å². The quantitative estimate of drug-likeness (QED) is 0.192. The van der Waals surface area contributed by atoms with Crippen LogP contribution in [0.25, 0.3) is 22.1 Å². The summed E-state index contributed by atoms with van der Waals surface area (Å²) >= 11 is 0. The highest BCUT2D eigenvalue weighted by molar-refractivity contribution is 5.87. The van der Waals surface area contributed by atoms with Crippen molar-refractivity contribution < 1.29 is 33.6 Å². The minimum absolute atomic E-state index is 0.0739. The molecule has 5 rings (SSSR count). The summed E-state index contributed by atoms with van der Waals surface area (Å²) in [6.45, 7) is 0.434. The van der Waals surface area contributed by atoms with Crippen LogP contribution < -0.4 is 14.9 Å². The highest BCUT2D eigenvalue weighted by Crippen LogP contribution is 2.42. The van der Waals surface area contributed by atoms with Gasteiger partial charge in [0.15, 0.2) is 11.5 Å². The molecule has 0 aliphatic rings. The van der Waals surface area contributed by atoms with Gasteiger partial charge in [-0.1, -0.05) is 48.5 Å². The Morgan fingerprint density at radius 3 is 2.38 bits per heavy atom. The van der Waals surface area contributed by atoms with E-state index in [4.69, 9.17) is 18.6 Å². The van der Waals surface area contributed by atoms with Crippen LogP contribution in [0.15, 0.2) is 100 Å². The van der Waals surface area contributed by atoms with E-state index in [9.17, 15) is 19.8 Å². The minimum Gasteiger partial charge on any atom is -0.508 e.